The first-order valence-electron chi connectivity index (χ1n) is 18.2. The summed E-state index contributed by atoms with van der Waals surface area (Å²) >= 11 is 0. The molecule has 0 fully saturated rings. The second-order valence-electron chi connectivity index (χ2n) is 13.4. The monoisotopic (exact) mass is 884 g/mol. The molecule has 4 heteroatoms. The van der Waals surface area contributed by atoms with Gasteiger partial charge in [0.25, 0.3) is 0 Å². The summed E-state index contributed by atoms with van der Waals surface area (Å²) in [7, 11) is 0. The minimum absolute atomic E-state index is 0. The Morgan fingerprint density at radius 3 is 1.69 bits per heavy atom. The minimum atomic E-state index is 0. The second kappa shape index (κ2) is 15.9. The first-order chi connectivity index (χ1) is 26.7. The second-order valence-corrected chi connectivity index (χ2v) is 13.4. The molecule has 0 aliphatic heterocycles. The molecule has 0 amide bonds. The molecule has 9 aromatic rings. The molecule has 0 atom stereocenters. The maximum Gasteiger partial charge on any atom is 2.00 e. The van der Waals surface area contributed by atoms with Crippen molar-refractivity contribution < 1.29 is 21.1 Å². The van der Waals surface area contributed by atoms with Gasteiger partial charge in [-0.25, -0.2) is 0 Å². The molecular formula is C51H35N3Pt. The van der Waals surface area contributed by atoms with Gasteiger partial charge in [-0.15, -0.1) is 59.7 Å². The molecule has 3 nitrogen and oxygen atoms in total. The van der Waals surface area contributed by atoms with Gasteiger partial charge in [-0.1, -0.05) is 133 Å². The van der Waals surface area contributed by atoms with Crippen LogP contribution in [-0.2, 0) is 21.1 Å². The van der Waals surface area contributed by atoms with Gasteiger partial charge in [0.15, 0.2) is 0 Å². The third-order valence-electron chi connectivity index (χ3n) is 9.87. The van der Waals surface area contributed by atoms with Crippen LogP contribution < -0.4 is 4.90 Å². The summed E-state index contributed by atoms with van der Waals surface area (Å²) in [6, 6.07) is 71.0. The third kappa shape index (κ3) is 7.40. The number of hydrogen-bond donors (Lipinski definition) is 0. The summed E-state index contributed by atoms with van der Waals surface area (Å²) in [5, 5.41) is 2.30. The van der Waals surface area contributed by atoms with Crippen LogP contribution >= 0.6 is 0 Å². The van der Waals surface area contributed by atoms with Gasteiger partial charge in [0.1, 0.15) is 0 Å². The summed E-state index contributed by atoms with van der Waals surface area (Å²) in [6.45, 7) is 2.11. The van der Waals surface area contributed by atoms with E-state index in [0.29, 0.717) is 0 Å². The normalized spacial score (nSPS) is 10.9. The maximum atomic E-state index is 4.87. The van der Waals surface area contributed by atoms with Crippen LogP contribution in [0.3, 0.4) is 0 Å². The number of nitrogens with zero attached hydrogens (tertiary/aromatic N) is 3. The van der Waals surface area contributed by atoms with Crippen molar-refractivity contribution in [2.24, 2.45) is 0 Å². The molecule has 7 aromatic carbocycles. The summed E-state index contributed by atoms with van der Waals surface area (Å²) in [5.41, 5.74) is 14.5. The van der Waals surface area contributed by atoms with Gasteiger partial charge in [0, 0.05) is 17.8 Å². The van der Waals surface area contributed by atoms with E-state index in [1.807, 2.05) is 24.5 Å². The first-order valence-corrected chi connectivity index (χ1v) is 18.2. The van der Waals surface area contributed by atoms with Gasteiger partial charge in [-0.3, -0.25) is 0 Å². The van der Waals surface area contributed by atoms with Crippen molar-refractivity contribution in [2.75, 3.05) is 4.90 Å². The standard InChI is InChI=1S/C51H35N3.Pt/c1-36-35-53-50(34-48(36)41-15-6-3-7-16-41)44-20-11-22-46(32-44)54(51-24-12-18-40-17-8-9-23-47(40)51)45-21-10-19-43(31-45)49-33-42(29-30-52-49)39-27-25-38(26-28-39)37-13-4-2-5-14-37;/h2-30,33-35H,1H3;/q-2;+2. The maximum absolute atomic E-state index is 4.87. The van der Waals surface area contributed by atoms with Gasteiger partial charge in [0.05, 0.1) is 5.69 Å². The number of fused-ring (bicyclic) bond motifs is 1. The molecule has 0 N–H and O–H groups in total. The first kappa shape index (κ1) is 35.6. The number of hydrogen-bond acceptors (Lipinski definition) is 3. The fourth-order valence-electron chi connectivity index (χ4n) is 7.11. The van der Waals surface area contributed by atoms with Crippen LogP contribution in [0.25, 0.3) is 66.7 Å². The van der Waals surface area contributed by atoms with E-state index in [-0.39, 0.29) is 21.1 Å². The van der Waals surface area contributed by atoms with Crippen LogP contribution in [0, 0.1) is 19.1 Å². The quantitative estimate of drug-likeness (QED) is 0.142. The largest absolute Gasteiger partial charge is 2.00 e. The van der Waals surface area contributed by atoms with Crippen LogP contribution in [0.15, 0.2) is 194 Å². The number of benzene rings is 7. The van der Waals surface area contributed by atoms with Gasteiger partial charge in [-0.05, 0) is 86.1 Å². The minimum Gasteiger partial charge on any atom is -0.346 e. The van der Waals surface area contributed by atoms with E-state index in [1.165, 1.54) is 16.7 Å². The Morgan fingerprint density at radius 2 is 1.00 bits per heavy atom. The molecule has 2 aromatic heterocycles. The van der Waals surface area contributed by atoms with Gasteiger partial charge in [-0.2, -0.15) is 0 Å². The molecule has 0 aliphatic carbocycles. The average Bonchev–Trinajstić information content (AvgIpc) is 3.25. The molecular weight excluding hydrogens is 850 g/mol. The van der Waals surface area contributed by atoms with Crippen LogP contribution in [0.1, 0.15) is 5.56 Å². The zero-order valence-corrected chi connectivity index (χ0v) is 32.4. The molecule has 0 bridgehead atoms. The van der Waals surface area contributed by atoms with Crippen molar-refractivity contribution in [3.8, 4) is 55.9 Å². The number of rotatable bonds is 8. The van der Waals surface area contributed by atoms with E-state index in [1.54, 1.807) is 0 Å². The van der Waals surface area contributed by atoms with E-state index < -0.39 is 0 Å². The van der Waals surface area contributed by atoms with Crippen LogP contribution in [0.2, 0.25) is 0 Å². The zero-order chi connectivity index (χ0) is 36.3. The molecule has 0 saturated heterocycles. The molecule has 0 spiro atoms. The van der Waals surface area contributed by atoms with Gasteiger partial charge < -0.3 is 14.9 Å². The smallest absolute Gasteiger partial charge is 0.346 e. The number of aryl methyl sites for hydroxylation is 1. The summed E-state index contributed by atoms with van der Waals surface area (Å²) in [6.07, 6.45) is 3.84. The molecule has 0 saturated carbocycles. The van der Waals surface area contributed by atoms with Gasteiger partial charge in [0.2, 0.25) is 0 Å². The van der Waals surface area contributed by atoms with E-state index in [4.69, 9.17) is 9.97 Å². The van der Waals surface area contributed by atoms with Crippen molar-refractivity contribution in [3.05, 3.63) is 212 Å². The Bertz CT molecular complexity index is 2720. The molecule has 2 heterocycles. The van der Waals surface area contributed by atoms with E-state index in [9.17, 15) is 0 Å². The molecule has 55 heavy (non-hydrogen) atoms. The molecule has 0 unspecified atom stereocenters. The zero-order valence-electron chi connectivity index (χ0n) is 30.1. The number of aromatic nitrogens is 2. The van der Waals surface area contributed by atoms with Crippen molar-refractivity contribution in [3.63, 3.8) is 0 Å². The summed E-state index contributed by atoms with van der Waals surface area (Å²) in [4.78, 5) is 11.9. The fourth-order valence-corrected chi connectivity index (χ4v) is 7.11. The topological polar surface area (TPSA) is 29.0 Å². The SMILES string of the molecule is Cc1cnc(-c2[c-]c(N(c3[c-]c(-c4cc(-c5ccc(-c6ccccc6)cc5)ccn4)ccc3)c3cccc4ccccc34)ccc2)cc1-c1ccccc1.[Pt+2]. The predicted octanol–water partition coefficient (Wildman–Crippen LogP) is 13.3. The Kier molecular flexibility index (Phi) is 10.3. The molecule has 0 radical (unpaired) electrons. The Morgan fingerprint density at radius 1 is 0.455 bits per heavy atom. The van der Waals surface area contributed by atoms with E-state index in [2.05, 4.69) is 194 Å². The Balaban J connectivity index is 0.00000427. The van der Waals surface area contributed by atoms with E-state index in [0.717, 1.165) is 72.6 Å². The van der Waals surface area contributed by atoms with Crippen LogP contribution in [-0.4, -0.2) is 9.97 Å². The Hall–Kier alpha value is -6.41. The van der Waals surface area contributed by atoms with Crippen molar-refractivity contribution in [1.29, 1.82) is 0 Å². The summed E-state index contributed by atoms with van der Waals surface area (Å²) < 4.78 is 0. The molecule has 264 valence electrons. The fraction of sp³-hybridized carbons (Fsp3) is 0.0196. The number of anilines is 3. The molecule has 0 aliphatic rings. The van der Waals surface area contributed by atoms with Crippen molar-refractivity contribution in [2.45, 2.75) is 6.92 Å². The third-order valence-corrected chi connectivity index (χ3v) is 9.87. The van der Waals surface area contributed by atoms with Gasteiger partial charge >= 0.3 is 21.1 Å². The Labute approximate surface area is 336 Å². The van der Waals surface area contributed by atoms with Crippen LogP contribution in [0.4, 0.5) is 17.1 Å². The molecule has 9 rings (SSSR count). The van der Waals surface area contributed by atoms with Crippen molar-refractivity contribution in [1.82, 2.24) is 9.97 Å². The van der Waals surface area contributed by atoms with Crippen LogP contribution in [0.5, 0.6) is 0 Å². The average molecular weight is 885 g/mol. The van der Waals surface area contributed by atoms with E-state index >= 15 is 0 Å². The summed E-state index contributed by atoms with van der Waals surface area (Å²) in [5.74, 6) is 0. The van der Waals surface area contributed by atoms with Crippen molar-refractivity contribution >= 4 is 27.8 Å². The number of pyridine rings is 2. The predicted molar refractivity (Wildman–Crippen MR) is 224 cm³/mol.